The summed E-state index contributed by atoms with van der Waals surface area (Å²) in [5.41, 5.74) is 0. The maximum Gasteiger partial charge on any atom is 0.306 e. The van der Waals surface area contributed by atoms with Crippen LogP contribution < -0.4 is 5.32 Å². The monoisotopic (exact) mass is 924 g/mol. The van der Waals surface area contributed by atoms with E-state index in [2.05, 4.69) is 38.2 Å². The van der Waals surface area contributed by atoms with Gasteiger partial charge in [0.1, 0.15) is 24.4 Å². The average Bonchev–Trinajstić information content (AvgIpc) is 3.30. The minimum atomic E-state index is -1.61. The third-order valence-corrected chi connectivity index (χ3v) is 12.9. The quantitative estimate of drug-likeness (QED) is 0.0196. The van der Waals surface area contributed by atoms with Crippen molar-refractivity contribution in [1.82, 2.24) is 5.32 Å². The number of carbonyl (C=O) groups is 2. The SMILES string of the molecule is CCCCCCCC/C=C\CCCCCC(=O)OC1C(OCC(NC(=O)C(O)CCCCCCCCCCCCCC)C(O)/C=C/CCCCCCCCCCC)OC(CO)C(O)C1O. The van der Waals surface area contributed by atoms with Crippen molar-refractivity contribution in [3.8, 4) is 0 Å². The zero-order chi connectivity index (χ0) is 47.6. The van der Waals surface area contributed by atoms with Gasteiger partial charge in [0, 0.05) is 6.42 Å². The summed E-state index contributed by atoms with van der Waals surface area (Å²) in [6.07, 6.45) is 36.6. The number of ether oxygens (including phenoxy) is 3. The average molecular weight is 924 g/mol. The Morgan fingerprint density at radius 3 is 1.49 bits per heavy atom. The molecule has 0 bridgehead atoms. The minimum absolute atomic E-state index is 0.106. The van der Waals surface area contributed by atoms with Gasteiger partial charge in [-0.2, -0.15) is 0 Å². The standard InChI is InChI=1S/C54H101NO10/c1-4-7-10-13-16-19-22-24-27-30-33-36-39-42-49(59)65-52-51(61)50(60)48(43-56)64-54(52)63-44-45(46(57)40-37-34-31-28-25-21-18-15-12-9-6-3)55-53(62)47(58)41-38-35-32-29-26-23-20-17-14-11-8-5-2/h24,27,37,40,45-48,50-52,54,56-58,60-61H,4-23,25-26,28-36,38-39,41-44H2,1-3H3,(H,55,62)/b27-24-,40-37+. The molecule has 11 heteroatoms. The Morgan fingerprint density at radius 1 is 0.585 bits per heavy atom. The van der Waals surface area contributed by atoms with Crippen LogP contribution in [0.15, 0.2) is 24.3 Å². The molecule has 0 aromatic heterocycles. The summed E-state index contributed by atoms with van der Waals surface area (Å²) < 4.78 is 17.5. The fourth-order valence-corrected chi connectivity index (χ4v) is 8.47. The molecule has 382 valence electrons. The van der Waals surface area contributed by atoms with Crippen LogP contribution in [0, 0.1) is 0 Å². The molecule has 1 aliphatic heterocycles. The molecule has 6 N–H and O–H groups in total. The third kappa shape index (κ3) is 32.5. The van der Waals surface area contributed by atoms with E-state index in [9.17, 15) is 35.1 Å². The zero-order valence-electron chi connectivity index (χ0n) is 41.9. The van der Waals surface area contributed by atoms with Gasteiger partial charge in [0.05, 0.1) is 25.4 Å². The van der Waals surface area contributed by atoms with E-state index in [0.29, 0.717) is 19.3 Å². The van der Waals surface area contributed by atoms with Crippen molar-refractivity contribution >= 4 is 11.9 Å². The Morgan fingerprint density at radius 2 is 1.02 bits per heavy atom. The minimum Gasteiger partial charge on any atom is -0.454 e. The molecule has 1 amide bonds. The summed E-state index contributed by atoms with van der Waals surface area (Å²) in [5.74, 6) is -1.21. The molecular formula is C54H101NO10. The van der Waals surface area contributed by atoms with Crippen molar-refractivity contribution in [1.29, 1.82) is 0 Å². The van der Waals surface area contributed by atoms with Crippen LogP contribution in [-0.2, 0) is 23.8 Å². The van der Waals surface area contributed by atoms with Crippen LogP contribution in [0.2, 0.25) is 0 Å². The van der Waals surface area contributed by atoms with Gasteiger partial charge in [-0.25, -0.2) is 0 Å². The van der Waals surface area contributed by atoms with E-state index in [-0.39, 0.29) is 13.0 Å². The lowest BCUT2D eigenvalue weighted by molar-refractivity contribution is -0.305. The number of amides is 1. The summed E-state index contributed by atoms with van der Waals surface area (Å²) in [7, 11) is 0. The molecule has 1 fully saturated rings. The fourth-order valence-electron chi connectivity index (χ4n) is 8.47. The van der Waals surface area contributed by atoms with Crippen molar-refractivity contribution in [2.24, 2.45) is 0 Å². The number of aliphatic hydroxyl groups is 5. The largest absolute Gasteiger partial charge is 0.454 e. The Labute approximate surface area is 397 Å². The van der Waals surface area contributed by atoms with Gasteiger partial charge in [0.25, 0.3) is 0 Å². The van der Waals surface area contributed by atoms with E-state index < -0.39 is 67.4 Å². The molecule has 1 rings (SSSR count). The highest BCUT2D eigenvalue weighted by Gasteiger charge is 2.47. The van der Waals surface area contributed by atoms with E-state index in [1.165, 1.54) is 135 Å². The molecule has 1 aliphatic rings. The highest BCUT2D eigenvalue weighted by atomic mass is 16.7. The number of rotatable bonds is 45. The Balaban J connectivity index is 2.77. The number of carbonyl (C=O) groups excluding carboxylic acids is 2. The van der Waals surface area contributed by atoms with E-state index in [1.54, 1.807) is 6.08 Å². The Hall–Kier alpha value is -1.86. The molecule has 65 heavy (non-hydrogen) atoms. The fraction of sp³-hybridized carbons (Fsp3) is 0.889. The van der Waals surface area contributed by atoms with Crippen LogP contribution in [0.3, 0.4) is 0 Å². The first-order valence-corrected chi connectivity index (χ1v) is 27.1. The summed E-state index contributed by atoms with van der Waals surface area (Å²) in [4.78, 5) is 26.3. The first-order chi connectivity index (χ1) is 31.7. The summed E-state index contributed by atoms with van der Waals surface area (Å²) in [6, 6.07) is -1.02. The number of nitrogens with one attached hydrogen (secondary N) is 1. The van der Waals surface area contributed by atoms with Gasteiger partial charge in [-0.3, -0.25) is 9.59 Å². The van der Waals surface area contributed by atoms with E-state index >= 15 is 0 Å². The molecule has 8 atom stereocenters. The maximum atomic E-state index is 13.3. The second-order valence-electron chi connectivity index (χ2n) is 19.0. The maximum absolute atomic E-state index is 13.3. The number of unbranched alkanes of at least 4 members (excludes halogenated alkanes) is 29. The molecule has 8 unspecified atom stereocenters. The van der Waals surface area contributed by atoms with Gasteiger partial charge in [0.15, 0.2) is 12.4 Å². The van der Waals surface area contributed by atoms with E-state index in [4.69, 9.17) is 14.2 Å². The highest BCUT2D eigenvalue weighted by Crippen LogP contribution is 2.26. The third-order valence-electron chi connectivity index (χ3n) is 12.9. The number of esters is 1. The molecule has 11 nitrogen and oxygen atoms in total. The summed E-state index contributed by atoms with van der Waals surface area (Å²) >= 11 is 0. The number of hydrogen-bond acceptors (Lipinski definition) is 10. The second kappa shape index (κ2) is 43.4. The van der Waals surface area contributed by atoms with Crippen molar-refractivity contribution < 1.29 is 49.3 Å². The lowest BCUT2D eigenvalue weighted by Gasteiger charge is -2.41. The summed E-state index contributed by atoms with van der Waals surface area (Å²) in [5, 5.41) is 56.6. The smallest absolute Gasteiger partial charge is 0.306 e. The molecular weight excluding hydrogens is 823 g/mol. The molecule has 0 aromatic rings. The summed E-state index contributed by atoms with van der Waals surface area (Å²) in [6.45, 7) is 5.74. The van der Waals surface area contributed by atoms with Crippen LogP contribution in [0.5, 0.6) is 0 Å². The van der Waals surface area contributed by atoms with E-state index in [0.717, 1.165) is 64.2 Å². The topological polar surface area (TPSA) is 175 Å². The highest BCUT2D eigenvalue weighted by molar-refractivity contribution is 5.80. The first-order valence-electron chi connectivity index (χ1n) is 27.1. The lowest BCUT2D eigenvalue weighted by Crippen LogP contribution is -2.61. The normalized spacial score (nSPS) is 20.4. The second-order valence-corrected chi connectivity index (χ2v) is 19.0. The number of hydrogen-bond donors (Lipinski definition) is 6. The molecule has 1 saturated heterocycles. The van der Waals surface area contributed by atoms with Crippen LogP contribution >= 0.6 is 0 Å². The molecule has 0 spiro atoms. The number of allylic oxidation sites excluding steroid dienone is 3. The number of aliphatic hydroxyl groups excluding tert-OH is 5. The molecule has 1 heterocycles. The molecule has 0 aromatic carbocycles. The predicted molar refractivity (Wildman–Crippen MR) is 264 cm³/mol. The van der Waals surface area contributed by atoms with E-state index in [1.807, 2.05) is 6.08 Å². The van der Waals surface area contributed by atoms with Crippen molar-refractivity contribution in [2.45, 2.75) is 294 Å². The molecule has 0 saturated carbocycles. The predicted octanol–water partition coefficient (Wildman–Crippen LogP) is 11.4. The van der Waals surface area contributed by atoms with Gasteiger partial charge in [0.2, 0.25) is 5.91 Å². The van der Waals surface area contributed by atoms with Gasteiger partial charge < -0.3 is 45.1 Å². The lowest BCUT2D eigenvalue weighted by atomic mass is 9.99. The Kier molecular flexibility index (Phi) is 40.9. The van der Waals surface area contributed by atoms with Crippen LogP contribution in [0.4, 0.5) is 0 Å². The van der Waals surface area contributed by atoms with Gasteiger partial charge in [-0.15, -0.1) is 0 Å². The van der Waals surface area contributed by atoms with Gasteiger partial charge in [-0.1, -0.05) is 212 Å². The van der Waals surface area contributed by atoms with Crippen LogP contribution in [0.1, 0.15) is 245 Å². The van der Waals surface area contributed by atoms with Gasteiger partial charge >= 0.3 is 5.97 Å². The van der Waals surface area contributed by atoms with Crippen molar-refractivity contribution in [3.05, 3.63) is 24.3 Å². The van der Waals surface area contributed by atoms with Crippen LogP contribution in [0.25, 0.3) is 0 Å². The van der Waals surface area contributed by atoms with Crippen LogP contribution in [-0.4, -0.2) is 99.6 Å². The first kappa shape index (κ1) is 61.2. The Bertz CT molecular complexity index is 1150. The van der Waals surface area contributed by atoms with Gasteiger partial charge in [-0.05, 0) is 51.4 Å². The zero-order valence-corrected chi connectivity index (χ0v) is 41.9. The molecule has 0 aliphatic carbocycles. The van der Waals surface area contributed by atoms with Crippen molar-refractivity contribution in [2.75, 3.05) is 13.2 Å². The molecule has 0 radical (unpaired) electrons. The van der Waals surface area contributed by atoms with Crippen molar-refractivity contribution in [3.63, 3.8) is 0 Å².